The molecule has 2 aliphatic carbocycles. The van der Waals surface area contributed by atoms with Crippen LogP contribution in [-0.4, -0.2) is 42.0 Å². The van der Waals surface area contributed by atoms with E-state index in [-0.39, 0.29) is 0 Å². The number of aromatic nitrogens is 6. The number of nitrogens with one attached hydrogen (secondary N) is 3. The van der Waals surface area contributed by atoms with Gasteiger partial charge in [0, 0.05) is 48.2 Å². The van der Waals surface area contributed by atoms with Crippen LogP contribution in [0.4, 0.5) is 5.95 Å². The van der Waals surface area contributed by atoms with E-state index in [9.17, 15) is 0 Å². The van der Waals surface area contributed by atoms with E-state index in [0.717, 1.165) is 49.3 Å². The van der Waals surface area contributed by atoms with Gasteiger partial charge in [-0.15, -0.1) is 0 Å². The van der Waals surface area contributed by atoms with Crippen molar-refractivity contribution in [1.82, 2.24) is 35.3 Å². The second-order valence-corrected chi connectivity index (χ2v) is 9.69. The molecule has 3 heterocycles. The Balaban J connectivity index is 1.22. The fraction of sp³-hybridized carbons (Fsp3) is 0.565. The highest BCUT2D eigenvalue weighted by Crippen LogP contribution is 2.37. The van der Waals surface area contributed by atoms with Gasteiger partial charge in [0.2, 0.25) is 5.95 Å². The average molecular weight is 455 g/mol. The molecule has 32 heavy (non-hydrogen) atoms. The minimum Gasteiger partial charge on any atom is -0.351 e. The molecular weight excluding hydrogens is 424 g/mol. The summed E-state index contributed by atoms with van der Waals surface area (Å²) >= 11 is 6.51. The summed E-state index contributed by atoms with van der Waals surface area (Å²) in [5, 5.41) is 19.3. The van der Waals surface area contributed by atoms with E-state index in [2.05, 4.69) is 37.8 Å². The van der Waals surface area contributed by atoms with Crippen LogP contribution in [0.15, 0.2) is 24.8 Å². The lowest BCUT2D eigenvalue weighted by molar-refractivity contribution is 0.330. The molecule has 170 valence electrons. The monoisotopic (exact) mass is 454 g/mol. The summed E-state index contributed by atoms with van der Waals surface area (Å²) in [7, 11) is 2.00. The second-order valence-electron chi connectivity index (χ2n) is 9.28. The number of H-pyrrole nitrogens is 1. The molecule has 8 nitrogen and oxygen atoms in total. The molecule has 1 unspecified atom stereocenters. The van der Waals surface area contributed by atoms with Gasteiger partial charge in [-0.25, -0.2) is 9.97 Å². The van der Waals surface area contributed by atoms with Crippen LogP contribution in [-0.2, 0) is 13.5 Å². The Labute approximate surface area is 193 Å². The van der Waals surface area contributed by atoms with E-state index in [1.807, 2.05) is 30.3 Å². The molecule has 2 fully saturated rings. The summed E-state index contributed by atoms with van der Waals surface area (Å²) in [6.45, 7) is 2.19. The Hall–Kier alpha value is -2.45. The van der Waals surface area contributed by atoms with Gasteiger partial charge in [-0.1, -0.05) is 11.6 Å². The van der Waals surface area contributed by atoms with Gasteiger partial charge in [0.1, 0.15) is 0 Å². The largest absolute Gasteiger partial charge is 0.351 e. The number of halogens is 1. The van der Waals surface area contributed by atoms with Gasteiger partial charge in [-0.2, -0.15) is 10.2 Å². The number of nitrogens with zero attached hydrogens (tertiary/aromatic N) is 5. The molecule has 3 aromatic rings. The first-order valence-corrected chi connectivity index (χ1v) is 12.0. The first-order valence-electron chi connectivity index (χ1n) is 11.6. The number of hydrogen-bond donors (Lipinski definition) is 3. The van der Waals surface area contributed by atoms with E-state index in [4.69, 9.17) is 16.6 Å². The van der Waals surface area contributed by atoms with E-state index in [0.29, 0.717) is 29.1 Å². The summed E-state index contributed by atoms with van der Waals surface area (Å²) in [6.07, 6.45) is 15.5. The van der Waals surface area contributed by atoms with Crippen molar-refractivity contribution in [1.29, 1.82) is 0 Å². The van der Waals surface area contributed by atoms with Crippen LogP contribution in [0.3, 0.4) is 0 Å². The quantitative estimate of drug-likeness (QED) is 0.470. The van der Waals surface area contributed by atoms with Gasteiger partial charge in [0.15, 0.2) is 0 Å². The fourth-order valence-corrected chi connectivity index (χ4v) is 4.85. The maximum Gasteiger partial charge on any atom is 0.223 e. The van der Waals surface area contributed by atoms with Gasteiger partial charge in [0.25, 0.3) is 0 Å². The summed E-state index contributed by atoms with van der Waals surface area (Å²) < 4.78 is 1.96. The van der Waals surface area contributed by atoms with Crippen LogP contribution in [0.2, 0.25) is 5.02 Å². The molecule has 9 heteroatoms. The van der Waals surface area contributed by atoms with Crippen molar-refractivity contribution in [3.8, 4) is 11.3 Å². The molecule has 1 atom stereocenters. The Morgan fingerprint density at radius 2 is 1.91 bits per heavy atom. The van der Waals surface area contributed by atoms with Crippen LogP contribution in [0.1, 0.15) is 62.7 Å². The summed E-state index contributed by atoms with van der Waals surface area (Å²) in [5.41, 5.74) is 4.20. The zero-order chi connectivity index (χ0) is 22.1. The van der Waals surface area contributed by atoms with Crippen molar-refractivity contribution in [2.75, 3.05) is 5.32 Å². The van der Waals surface area contributed by atoms with Crippen LogP contribution in [0.5, 0.6) is 0 Å². The molecule has 3 N–H and O–H groups in total. The van der Waals surface area contributed by atoms with Gasteiger partial charge >= 0.3 is 0 Å². The third kappa shape index (κ3) is 4.81. The predicted octanol–water partition coefficient (Wildman–Crippen LogP) is 4.28. The molecule has 0 amide bonds. The average Bonchev–Trinajstić information content (AvgIpc) is 3.29. The lowest BCUT2D eigenvalue weighted by Crippen LogP contribution is -2.38. The molecule has 0 spiro atoms. The van der Waals surface area contributed by atoms with Crippen molar-refractivity contribution < 1.29 is 0 Å². The third-order valence-corrected chi connectivity index (χ3v) is 7.08. The normalized spacial score (nSPS) is 22.1. The molecule has 0 aliphatic heterocycles. The number of aromatic amines is 1. The SMILES string of the molecule is CC(N[C@H]1CC[C@H](Nc2ncc(Cl)c(-c3cnn(C)c3CC3CC3)n2)CC1)c1cn[nH]c1. The highest BCUT2D eigenvalue weighted by molar-refractivity contribution is 6.32. The number of aryl methyl sites for hydroxylation is 1. The summed E-state index contributed by atoms with van der Waals surface area (Å²) in [5.74, 6) is 1.41. The van der Waals surface area contributed by atoms with Gasteiger partial charge in [-0.3, -0.25) is 9.78 Å². The van der Waals surface area contributed by atoms with E-state index in [1.165, 1.54) is 24.1 Å². The Bertz CT molecular complexity index is 1030. The smallest absolute Gasteiger partial charge is 0.223 e. The fourth-order valence-electron chi connectivity index (χ4n) is 4.66. The van der Waals surface area contributed by atoms with Crippen molar-refractivity contribution in [3.63, 3.8) is 0 Å². The van der Waals surface area contributed by atoms with Crippen molar-refractivity contribution in [2.45, 2.75) is 70.0 Å². The minimum absolute atomic E-state index is 0.301. The van der Waals surface area contributed by atoms with Gasteiger partial charge in [0.05, 0.1) is 29.3 Å². The molecule has 2 aliphatic rings. The lowest BCUT2D eigenvalue weighted by Gasteiger charge is -2.31. The molecule has 2 saturated carbocycles. The van der Waals surface area contributed by atoms with Gasteiger partial charge < -0.3 is 10.6 Å². The first kappa shape index (κ1) is 21.4. The lowest BCUT2D eigenvalue weighted by atomic mass is 9.90. The Morgan fingerprint density at radius 1 is 1.12 bits per heavy atom. The van der Waals surface area contributed by atoms with Crippen LogP contribution < -0.4 is 10.6 Å². The van der Waals surface area contributed by atoms with E-state index in [1.54, 1.807) is 6.20 Å². The zero-order valence-corrected chi connectivity index (χ0v) is 19.4. The van der Waals surface area contributed by atoms with Gasteiger partial charge in [-0.05, 0) is 57.8 Å². The highest BCUT2D eigenvalue weighted by atomic mass is 35.5. The molecule has 5 rings (SSSR count). The zero-order valence-electron chi connectivity index (χ0n) is 18.7. The number of hydrogen-bond acceptors (Lipinski definition) is 6. The maximum atomic E-state index is 6.51. The minimum atomic E-state index is 0.301. The summed E-state index contributed by atoms with van der Waals surface area (Å²) in [4.78, 5) is 9.27. The molecule has 0 saturated heterocycles. The molecule has 0 radical (unpaired) electrons. The number of anilines is 1. The molecular formula is C23H31ClN8. The van der Waals surface area contributed by atoms with Crippen molar-refractivity contribution in [2.24, 2.45) is 13.0 Å². The third-order valence-electron chi connectivity index (χ3n) is 6.81. The molecule has 0 aromatic carbocycles. The molecule has 0 bridgehead atoms. The first-order chi connectivity index (χ1) is 15.6. The molecule has 3 aromatic heterocycles. The van der Waals surface area contributed by atoms with Crippen molar-refractivity contribution in [3.05, 3.63) is 41.1 Å². The number of rotatable bonds is 8. The van der Waals surface area contributed by atoms with E-state index < -0.39 is 0 Å². The summed E-state index contributed by atoms with van der Waals surface area (Å²) in [6, 6.07) is 1.18. The second kappa shape index (κ2) is 9.19. The predicted molar refractivity (Wildman–Crippen MR) is 125 cm³/mol. The van der Waals surface area contributed by atoms with E-state index >= 15 is 0 Å². The highest BCUT2D eigenvalue weighted by Gasteiger charge is 2.27. The van der Waals surface area contributed by atoms with Crippen LogP contribution in [0.25, 0.3) is 11.3 Å². The standard InChI is InChI=1S/C23H31ClN8/c1-14(16-10-26-27-11-16)29-17-5-7-18(8-6-17)30-23-25-13-20(24)22(31-23)19-12-28-32(2)21(19)9-15-3-4-15/h10-15,17-18,29H,3-9H2,1-2H3,(H,26,27)(H,25,30,31)/t14?,17-,18-. The maximum absolute atomic E-state index is 6.51. The topological polar surface area (TPSA) is 96.3 Å². The van der Waals surface area contributed by atoms with Crippen LogP contribution >= 0.6 is 11.6 Å². The Morgan fingerprint density at radius 3 is 2.62 bits per heavy atom. The Kier molecular flexibility index (Phi) is 6.15. The van der Waals surface area contributed by atoms with Crippen LogP contribution in [0, 0.1) is 5.92 Å². The van der Waals surface area contributed by atoms with Crippen molar-refractivity contribution >= 4 is 17.5 Å².